The molecule has 1 saturated heterocycles. The summed E-state index contributed by atoms with van der Waals surface area (Å²) in [6.45, 7) is 3.75. The standard InChI is InChI=1S/C26H21Cl2NO5/c1-14(2)34-19-8-3-5-16(11-19)24(31)22-23(15-9-10-21(30)20(28)12-15)29(26(33)25(22)32)18-7-4-6-17(27)13-18/h3-14,23,30-31H,1-2H3/b24-22-. The first-order valence-electron chi connectivity index (χ1n) is 10.5. The van der Waals surface area contributed by atoms with E-state index in [-0.39, 0.29) is 28.2 Å². The van der Waals surface area contributed by atoms with Crippen LogP contribution >= 0.6 is 23.2 Å². The number of ether oxygens (including phenoxy) is 1. The minimum Gasteiger partial charge on any atom is -0.507 e. The molecule has 3 aromatic carbocycles. The highest BCUT2D eigenvalue weighted by Gasteiger charge is 2.47. The average molecular weight is 498 g/mol. The molecule has 174 valence electrons. The van der Waals surface area contributed by atoms with Crippen LogP contribution in [-0.2, 0) is 9.59 Å². The van der Waals surface area contributed by atoms with E-state index in [1.165, 1.54) is 17.0 Å². The minimum atomic E-state index is -1.01. The first kappa shape index (κ1) is 23.7. The molecule has 34 heavy (non-hydrogen) atoms. The number of halogens is 2. The fourth-order valence-corrected chi connectivity index (χ4v) is 4.25. The van der Waals surface area contributed by atoms with Gasteiger partial charge in [-0.3, -0.25) is 14.5 Å². The second-order valence-corrected chi connectivity index (χ2v) is 8.90. The van der Waals surface area contributed by atoms with E-state index in [9.17, 15) is 19.8 Å². The molecular formula is C26H21Cl2NO5. The number of benzene rings is 3. The number of phenolic OH excluding ortho intramolecular Hbond substituents is 1. The number of anilines is 1. The van der Waals surface area contributed by atoms with Crippen molar-refractivity contribution in [3.8, 4) is 11.5 Å². The predicted molar refractivity (Wildman–Crippen MR) is 132 cm³/mol. The molecule has 0 bridgehead atoms. The molecule has 3 aromatic rings. The third kappa shape index (κ3) is 4.47. The first-order chi connectivity index (χ1) is 16.2. The SMILES string of the molecule is CC(C)Oc1cccc(/C(O)=C2/C(=O)C(=O)N(c3cccc(Cl)c3)C2c2ccc(O)c(Cl)c2)c1. The Kier molecular flexibility index (Phi) is 6.55. The van der Waals surface area contributed by atoms with Gasteiger partial charge in [0.25, 0.3) is 11.7 Å². The predicted octanol–water partition coefficient (Wildman–Crippen LogP) is 6.11. The van der Waals surface area contributed by atoms with Crippen molar-refractivity contribution < 1.29 is 24.5 Å². The average Bonchev–Trinajstić information content (AvgIpc) is 3.05. The number of aromatic hydroxyl groups is 1. The van der Waals surface area contributed by atoms with Gasteiger partial charge in [-0.2, -0.15) is 0 Å². The third-order valence-corrected chi connectivity index (χ3v) is 5.84. The maximum Gasteiger partial charge on any atom is 0.300 e. The second kappa shape index (κ2) is 9.41. The number of carbonyl (C=O) groups excluding carboxylic acids is 2. The van der Waals surface area contributed by atoms with Gasteiger partial charge in [0.2, 0.25) is 0 Å². The largest absolute Gasteiger partial charge is 0.507 e. The summed E-state index contributed by atoms with van der Waals surface area (Å²) in [7, 11) is 0. The summed E-state index contributed by atoms with van der Waals surface area (Å²) in [6.07, 6.45) is -0.0926. The monoisotopic (exact) mass is 497 g/mol. The zero-order valence-electron chi connectivity index (χ0n) is 18.3. The van der Waals surface area contributed by atoms with Crippen molar-refractivity contribution >= 4 is 46.3 Å². The van der Waals surface area contributed by atoms with Gasteiger partial charge in [0.15, 0.2) is 0 Å². The summed E-state index contributed by atoms with van der Waals surface area (Å²) in [6, 6.07) is 16.5. The molecule has 8 heteroatoms. The van der Waals surface area contributed by atoms with Crippen LogP contribution in [0.1, 0.15) is 31.0 Å². The topological polar surface area (TPSA) is 87.1 Å². The van der Waals surface area contributed by atoms with Crippen molar-refractivity contribution in [3.63, 3.8) is 0 Å². The summed E-state index contributed by atoms with van der Waals surface area (Å²) in [5, 5.41) is 21.6. The Labute approximate surface area is 206 Å². The van der Waals surface area contributed by atoms with E-state index in [0.717, 1.165) is 0 Å². The molecule has 0 aliphatic carbocycles. The van der Waals surface area contributed by atoms with Crippen molar-refractivity contribution in [2.75, 3.05) is 4.90 Å². The molecule has 0 saturated carbocycles. The normalized spacial score (nSPS) is 17.4. The van der Waals surface area contributed by atoms with Crippen molar-refractivity contribution in [2.24, 2.45) is 0 Å². The molecule has 0 spiro atoms. The second-order valence-electron chi connectivity index (χ2n) is 8.05. The molecule has 1 unspecified atom stereocenters. The summed E-state index contributed by atoms with van der Waals surface area (Å²) in [5.74, 6) is -1.68. The quantitative estimate of drug-likeness (QED) is 0.252. The van der Waals surface area contributed by atoms with Gasteiger partial charge in [-0.05, 0) is 61.9 Å². The lowest BCUT2D eigenvalue weighted by Crippen LogP contribution is -2.29. The number of hydrogen-bond donors (Lipinski definition) is 2. The number of carbonyl (C=O) groups is 2. The highest BCUT2D eigenvalue weighted by Crippen LogP contribution is 2.44. The Morgan fingerprint density at radius 2 is 1.74 bits per heavy atom. The van der Waals surface area contributed by atoms with Crippen LogP contribution in [0.4, 0.5) is 5.69 Å². The van der Waals surface area contributed by atoms with E-state index in [0.29, 0.717) is 27.6 Å². The van der Waals surface area contributed by atoms with Crippen molar-refractivity contribution in [1.82, 2.24) is 0 Å². The number of ketones is 1. The smallest absolute Gasteiger partial charge is 0.300 e. The number of hydrogen-bond acceptors (Lipinski definition) is 5. The fourth-order valence-electron chi connectivity index (χ4n) is 3.88. The summed E-state index contributed by atoms with van der Waals surface area (Å²) in [5.41, 5.74) is 1.00. The molecular weight excluding hydrogens is 477 g/mol. The van der Waals surface area contributed by atoms with Crippen LogP contribution < -0.4 is 9.64 Å². The highest BCUT2D eigenvalue weighted by molar-refractivity contribution is 6.52. The first-order valence-corrected chi connectivity index (χ1v) is 11.2. The van der Waals surface area contributed by atoms with Gasteiger partial charge >= 0.3 is 0 Å². The lowest BCUT2D eigenvalue weighted by atomic mass is 9.95. The van der Waals surface area contributed by atoms with Crippen LogP contribution in [0.15, 0.2) is 72.3 Å². The zero-order valence-corrected chi connectivity index (χ0v) is 19.8. The molecule has 1 heterocycles. The molecule has 6 nitrogen and oxygen atoms in total. The Hall–Kier alpha value is -3.48. The Balaban J connectivity index is 1.93. The van der Waals surface area contributed by atoms with E-state index in [1.807, 2.05) is 13.8 Å². The molecule has 1 amide bonds. The van der Waals surface area contributed by atoms with Crippen LogP contribution in [0.5, 0.6) is 11.5 Å². The summed E-state index contributed by atoms with van der Waals surface area (Å²) >= 11 is 12.3. The Morgan fingerprint density at radius 1 is 1.00 bits per heavy atom. The number of phenols is 1. The van der Waals surface area contributed by atoms with Crippen LogP contribution in [0, 0.1) is 0 Å². The molecule has 0 aromatic heterocycles. The summed E-state index contributed by atoms with van der Waals surface area (Å²) in [4.78, 5) is 27.7. The van der Waals surface area contributed by atoms with Crippen molar-refractivity contribution in [2.45, 2.75) is 26.0 Å². The zero-order chi connectivity index (χ0) is 24.6. The van der Waals surface area contributed by atoms with Gasteiger partial charge in [-0.25, -0.2) is 0 Å². The number of aliphatic hydroxyl groups is 1. The van der Waals surface area contributed by atoms with Gasteiger partial charge in [0, 0.05) is 16.3 Å². The number of rotatable bonds is 5. The van der Waals surface area contributed by atoms with Crippen LogP contribution in [0.2, 0.25) is 10.0 Å². The number of amides is 1. The van der Waals surface area contributed by atoms with E-state index < -0.39 is 17.7 Å². The van der Waals surface area contributed by atoms with E-state index in [2.05, 4.69) is 0 Å². The molecule has 1 aliphatic heterocycles. The van der Waals surface area contributed by atoms with Gasteiger partial charge in [-0.1, -0.05) is 47.5 Å². The molecule has 1 aliphatic rings. The van der Waals surface area contributed by atoms with E-state index >= 15 is 0 Å². The third-order valence-electron chi connectivity index (χ3n) is 5.30. The highest BCUT2D eigenvalue weighted by atomic mass is 35.5. The Morgan fingerprint density at radius 3 is 2.41 bits per heavy atom. The number of nitrogens with zero attached hydrogens (tertiary/aromatic N) is 1. The van der Waals surface area contributed by atoms with E-state index in [1.54, 1.807) is 54.6 Å². The lowest BCUT2D eigenvalue weighted by molar-refractivity contribution is -0.132. The number of Topliss-reactive ketones (excluding diaryl/α,β-unsaturated/α-hetero) is 1. The van der Waals surface area contributed by atoms with E-state index in [4.69, 9.17) is 27.9 Å². The van der Waals surface area contributed by atoms with Crippen molar-refractivity contribution in [3.05, 3.63) is 93.5 Å². The molecule has 1 atom stereocenters. The fraction of sp³-hybridized carbons (Fsp3) is 0.154. The van der Waals surface area contributed by atoms with Gasteiger partial charge in [-0.15, -0.1) is 0 Å². The van der Waals surface area contributed by atoms with Gasteiger partial charge in [0.05, 0.1) is 22.7 Å². The maximum atomic E-state index is 13.2. The molecule has 4 rings (SSSR count). The minimum absolute atomic E-state index is 0.0431. The number of aliphatic hydroxyl groups excluding tert-OH is 1. The van der Waals surface area contributed by atoms with Crippen LogP contribution in [0.25, 0.3) is 5.76 Å². The van der Waals surface area contributed by atoms with Gasteiger partial charge < -0.3 is 14.9 Å². The maximum absolute atomic E-state index is 13.2. The van der Waals surface area contributed by atoms with Gasteiger partial charge in [0.1, 0.15) is 17.3 Å². The Bertz CT molecular complexity index is 1320. The molecule has 1 fully saturated rings. The molecule has 2 N–H and O–H groups in total. The lowest BCUT2D eigenvalue weighted by Gasteiger charge is -2.26. The molecule has 0 radical (unpaired) electrons. The summed E-state index contributed by atoms with van der Waals surface area (Å²) < 4.78 is 5.70. The van der Waals surface area contributed by atoms with Crippen molar-refractivity contribution in [1.29, 1.82) is 0 Å². The van der Waals surface area contributed by atoms with Crippen LogP contribution in [0.3, 0.4) is 0 Å². The van der Waals surface area contributed by atoms with Crippen LogP contribution in [-0.4, -0.2) is 28.0 Å².